The van der Waals surface area contributed by atoms with E-state index < -0.39 is 0 Å². The lowest BCUT2D eigenvalue weighted by molar-refractivity contribution is -0.114. The Morgan fingerprint density at radius 3 is 2.62 bits per heavy atom. The second-order valence-corrected chi connectivity index (χ2v) is 6.41. The number of benzene rings is 2. The monoisotopic (exact) mass is 434 g/mol. The highest BCUT2D eigenvalue weighted by atomic mass is 127. The van der Waals surface area contributed by atoms with Gasteiger partial charge >= 0.3 is 0 Å². The zero-order valence-corrected chi connectivity index (χ0v) is 15.3. The minimum Gasteiger partial charge on any atom is -0.504 e. The molecular weight excluding hydrogens is 419 g/mol. The van der Waals surface area contributed by atoms with Crippen LogP contribution in [0.15, 0.2) is 53.1 Å². The summed E-state index contributed by atoms with van der Waals surface area (Å²) in [6.45, 7) is 1.80. The van der Waals surface area contributed by atoms with Crippen LogP contribution in [0.3, 0.4) is 0 Å². The fourth-order valence-corrected chi connectivity index (χ4v) is 3.05. The first-order chi connectivity index (χ1) is 11.5. The van der Waals surface area contributed by atoms with Crippen LogP contribution in [0.4, 0.5) is 5.69 Å². The third-order valence-electron chi connectivity index (χ3n) is 3.65. The third-order valence-corrected chi connectivity index (χ3v) is 4.47. The number of hydrazone groups is 1. The largest absolute Gasteiger partial charge is 0.504 e. The van der Waals surface area contributed by atoms with Gasteiger partial charge in [0.25, 0.3) is 5.91 Å². The van der Waals surface area contributed by atoms with Gasteiger partial charge in [0, 0.05) is 0 Å². The summed E-state index contributed by atoms with van der Waals surface area (Å²) in [4.78, 5) is 12.7. The van der Waals surface area contributed by atoms with Crippen molar-refractivity contribution in [1.82, 2.24) is 0 Å². The lowest BCUT2D eigenvalue weighted by Crippen LogP contribution is -2.21. The molecule has 2 aromatic rings. The summed E-state index contributed by atoms with van der Waals surface area (Å²) in [6.07, 6.45) is 1.76. The second-order valence-electron chi connectivity index (χ2n) is 5.25. The van der Waals surface area contributed by atoms with Crippen molar-refractivity contribution in [2.45, 2.75) is 6.92 Å². The molecule has 0 radical (unpaired) electrons. The highest BCUT2D eigenvalue weighted by Gasteiger charge is 2.28. The van der Waals surface area contributed by atoms with Crippen LogP contribution < -0.4 is 9.75 Å². The number of ether oxygens (including phenoxy) is 1. The molecular formula is C18H15IN2O3. The van der Waals surface area contributed by atoms with E-state index in [4.69, 9.17) is 4.74 Å². The number of rotatable bonds is 3. The molecule has 5 nitrogen and oxygen atoms in total. The van der Waals surface area contributed by atoms with Crippen LogP contribution in [0.2, 0.25) is 0 Å². The first kappa shape index (κ1) is 16.5. The zero-order chi connectivity index (χ0) is 17.3. The average molecular weight is 434 g/mol. The Kier molecular flexibility index (Phi) is 4.57. The second kappa shape index (κ2) is 6.64. The van der Waals surface area contributed by atoms with Crippen molar-refractivity contribution in [1.29, 1.82) is 0 Å². The zero-order valence-electron chi connectivity index (χ0n) is 13.2. The number of carbonyl (C=O) groups excluding carboxylic acids is 1. The number of hydrogen-bond donors (Lipinski definition) is 1. The average Bonchev–Trinajstić information content (AvgIpc) is 2.87. The Balaban J connectivity index is 1.99. The topological polar surface area (TPSA) is 62.1 Å². The Bertz CT molecular complexity index is 860. The minimum atomic E-state index is -0.180. The quantitative estimate of drug-likeness (QED) is 0.591. The summed E-state index contributed by atoms with van der Waals surface area (Å²) in [5.74, 6) is 0.281. The van der Waals surface area contributed by atoms with Crippen molar-refractivity contribution in [3.63, 3.8) is 0 Å². The van der Waals surface area contributed by atoms with E-state index in [0.717, 1.165) is 11.3 Å². The van der Waals surface area contributed by atoms with Gasteiger partial charge in [0.05, 0.1) is 27.7 Å². The van der Waals surface area contributed by atoms with Crippen molar-refractivity contribution >= 4 is 46.0 Å². The first-order valence-electron chi connectivity index (χ1n) is 7.24. The molecule has 0 aliphatic carbocycles. The molecule has 122 valence electrons. The summed E-state index contributed by atoms with van der Waals surface area (Å²) in [5.41, 5.74) is 2.65. The molecule has 6 heteroatoms. The smallest absolute Gasteiger partial charge is 0.280 e. The molecule has 0 saturated heterocycles. The van der Waals surface area contributed by atoms with Crippen LogP contribution in [0, 0.1) is 3.57 Å². The number of phenolic OH excluding ortho intramolecular Hbond substituents is 1. The van der Waals surface area contributed by atoms with Crippen LogP contribution in [0.5, 0.6) is 11.5 Å². The Morgan fingerprint density at radius 1 is 1.25 bits per heavy atom. The number of aromatic hydroxyl groups is 1. The van der Waals surface area contributed by atoms with Gasteiger partial charge in [-0.05, 0) is 65.4 Å². The highest BCUT2D eigenvalue weighted by Crippen LogP contribution is 2.34. The van der Waals surface area contributed by atoms with Gasteiger partial charge in [0.1, 0.15) is 0 Å². The highest BCUT2D eigenvalue weighted by molar-refractivity contribution is 14.1. The number of nitrogens with zero attached hydrogens (tertiary/aromatic N) is 2. The Labute approximate surface area is 153 Å². The van der Waals surface area contributed by atoms with Crippen molar-refractivity contribution in [3.05, 3.63) is 57.2 Å². The summed E-state index contributed by atoms with van der Waals surface area (Å²) < 4.78 is 5.82. The van der Waals surface area contributed by atoms with Gasteiger partial charge in [0.2, 0.25) is 0 Å². The predicted octanol–water partition coefficient (Wildman–Crippen LogP) is 3.81. The standard InChI is InChI=1S/C18H15IN2O3/c1-11-14(8-12-9-15(19)17(22)16(10-12)24-2)18(23)21(20-11)13-6-4-3-5-7-13/h3-10,22H,1-2H3. The minimum absolute atomic E-state index is 0.0919. The van der Waals surface area contributed by atoms with E-state index in [2.05, 4.69) is 5.10 Å². The van der Waals surface area contributed by atoms with E-state index in [0.29, 0.717) is 20.6 Å². The lowest BCUT2D eigenvalue weighted by atomic mass is 10.1. The van der Waals surface area contributed by atoms with Gasteiger partial charge < -0.3 is 9.84 Å². The van der Waals surface area contributed by atoms with Crippen molar-refractivity contribution in [2.75, 3.05) is 12.1 Å². The number of amides is 1. The number of hydrogen-bond acceptors (Lipinski definition) is 4. The number of methoxy groups -OCH3 is 1. The molecule has 1 heterocycles. The Hall–Kier alpha value is -2.35. The molecule has 0 unspecified atom stereocenters. The summed E-state index contributed by atoms with van der Waals surface area (Å²) in [5, 5.41) is 15.7. The van der Waals surface area contributed by atoms with Crippen LogP contribution in [-0.2, 0) is 4.79 Å². The van der Waals surface area contributed by atoms with Crippen LogP contribution >= 0.6 is 22.6 Å². The van der Waals surface area contributed by atoms with Crippen LogP contribution in [0.1, 0.15) is 12.5 Å². The van der Waals surface area contributed by atoms with Crippen molar-refractivity contribution in [3.8, 4) is 11.5 Å². The molecule has 0 saturated carbocycles. The molecule has 1 aliphatic rings. The van der Waals surface area contributed by atoms with Gasteiger partial charge in [-0.25, -0.2) is 0 Å². The number of phenols is 1. The lowest BCUT2D eigenvalue weighted by Gasteiger charge is -2.11. The van der Waals surface area contributed by atoms with Crippen molar-refractivity contribution < 1.29 is 14.6 Å². The van der Waals surface area contributed by atoms with E-state index >= 15 is 0 Å². The predicted molar refractivity (Wildman–Crippen MR) is 102 cm³/mol. The fourth-order valence-electron chi connectivity index (χ4n) is 2.43. The molecule has 0 spiro atoms. The summed E-state index contributed by atoms with van der Waals surface area (Å²) in [6, 6.07) is 12.8. The van der Waals surface area contributed by atoms with E-state index in [9.17, 15) is 9.90 Å². The van der Waals surface area contributed by atoms with Crippen LogP contribution in [-0.4, -0.2) is 23.8 Å². The van der Waals surface area contributed by atoms with E-state index in [1.54, 1.807) is 25.1 Å². The van der Waals surface area contributed by atoms with E-state index in [-0.39, 0.29) is 11.7 Å². The molecule has 2 aromatic carbocycles. The van der Waals surface area contributed by atoms with E-state index in [1.165, 1.54) is 12.1 Å². The summed E-state index contributed by atoms with van der Waals surface area (Å²) in [7, 11) is 1.49. The molecule has 1 aliphatic heterocycles. The molecule has 24 heavy (non-hydrogen) atoms. The van der Waals surface area contributed by atoms with E-state index in [1.807, 2.05) is 52.9 Å². The fraction of sp³-hybridized carbons (Fsp3) is 0.111. The van der Waals surface area contributed by atoms with Crippen LogP contribution in [0.25, 0.3) is 6.08 Å². The maximum Gasteiger partial charge on any atom is 0.280 e. The molecule has 0 aromatic heterocycles. The van der Waals surface area contributed by atoms with Gasteiger partial charge in [-0.3, -0.25) is 4.79 Å². The first-order valence-corrected chi connectivity index (χ1v) is 8.32. The third kappa shape index (κ3) is 3.01. The van der Waals surface area contributed by atoms with Gasteiger partial charge in [-0.1, -0.05) is 18.2 Å². The maximum absolute atomic E-state index is 12.7. The molecule has 0 bridgehead atoms. The molecule has 1 N–H and O–H groups in total. The van der Waals surface area contributed by atoms with Crippen molar-refractivity contribution in [2.24, 2.45) is 5.10 Å². The Morgan fingerprint density at radius 2 is 1.96 bits per heavy atom. The van der Waals surface area contributed by atoms with Gasteiger partial charge in [-0.15, -0.1) is 0 Å². The number of para-hydroxylation sites is 1. The number of halogens is 1. The number of carbonyl (C=O) groups is 1. The van der Waals surface area contributed by atoms with Gasteiger partial charge in [-0.2, -0.15) is 10.1 Å². The maximum atomic E-state index is 12.7. The summed E-state index contributed by atoms with van der Waals surface area (Å²) >= 11 is 2.02. The molecule has 1 amide bonds. The molecule has 3 rings (SSSR count). The van der Waals surface area contributed by atoms with Gasteiger partial charge in [0.15, 0.2) is 11.5 Å². The number of anilines is 1. The normalized spacial score (nSPS) is 15.8. The molecule has 0 fully saturated rings. The SMILES string of the molecule is COc1cc(C=C2C(=O)N(c3ccccc3)N=C2C)cc(I)c1O. The molecule has 0 atom stereocenters.